The fraction of sp³-hybridized carbons (Fsp3) is 0.350. The van der Waals surface area contributed by atoms with Crippen LogP contribution < -0.4 is 5.32 Å². The van der Waals surface area contributed by atoms with Crippen molar-refractivity contribution >= 4 is 21.4 Å². The lowest BCUT2D eigenvalue weighted by Crippen LogP contribution is -2.34. The fourth-order valence-corrected chi connectivity index (χ4v) is 4.71. The number of para-hydroxylation sites is 1. The van der Waals surface area contributed by atoms with Crippen molar-refractivity contribution in [2.45, 2.75) is 49.2 Å². The highest BCUT2D eigenvalue weighted by atomic mass is 32.2. The molecule has 0 spiro atoms. The molecule has 4 nitrogen and oxygen atoms in total. The van der Waals surface area contributed by atoms with Crippen LogP contribution in [0.2, 0.25) is 0 Å². The van der Waals surface area contributed by atoms with Gasteiger partial charge in [0.05, 0.1) is 4.90 Å². The number of nitrogens with one attached hydrogen (secondary N) is 1. The maximum Gasteiger partial charge on any atom is 0.243 e. The molecule has 2 aromatic rings. The molecule has 0 saturated carbocycles. The lowest BCUT2D eigenvalue weighted by molar-refractivity contribution is -0.115. The summed E-state index contributed by atoms with van der Waals surface area (Å²) in [5, 5.41) is 1.70. The number of carbonyl (C=O) groups excluding carboxylic acids is 1. The van der Waals surface area contributed by atoms with Crippen LogP contribution in [0.5, 0.6) is 0 Å². The first kappa shape index (κ1) is 17.7. The second-order valence-electron chi connectivity index (χ2n) is 7.49. The van der Waals surface area contributed by atoms with E-state index in [0.717, 1.165) is 11.1 Å². The van der Waals surface area contributed by atoms with E-state index in [-0.39, 0.29) is 16.7 Å². The summed E-state index contributed by atoms with van der Waals surface area (Å²) in [5.74, 6) is -0.454. The van der Waals surface area contributed by atoms with Gasteiger partial charge in [0.1, 0.15) is 5.25 Å². The minimum absolute atomic E-state index is 0.0520. The first-order chi connectivity index (χ1) is 11.7. The van der Waals surface area contributed by atoms with Crippen LogP contribution in [0.3, 0.4) is 0 Å². The van der Waals surface area contributed by atoms with Gasteiger partial charge in [-0.15, -0.1) is 0 Å². The minimum atomic E-state index is -3.73. The van der Waals surface area contributed by atoms with Gasteiger partial charge in [0.15, 0.2) is 9.84 Å². The molecule has 3 rings (SSSR count). The van der Waals surface area contributed by atoms with Crippen LogP contribution in [0.1, 0.15) is 38.3 Å². The summed E-state index contributed by atoms with van der Waals surface area (Å²) in [5.41, 5.74) is 2.68. The number of fused-ring (bicyclic) bond motifs is 1. The molecule has 1 N–H and O–H groups in total. The maximum atomic E-state index is 13.0. The van der Waals surface area contributed by atoms with Crippen molar-refractivity contribution in [1.82, 2.24) is 0 Å². The number of aryl methyl sites for hydroxylation is 1. The van der Waals surface area contributed by atoms with Crippen LogP contribution >= 0.6 is 0 Å². The van der Waals surface area contributed by atoms with Gasteiger partial charge >= 0.3 is 0 Å². The molecule has 1 unspecified atom stereocenters. The Morgan fingerprint density at radius 3 is 2.28 bits per heavy atom. The predicted octanol–water partition coefficient (Wildman–Crippen LogP) is 3.71. The lowest BCUT2D eigenvalue weighted by Gasteiger charge is -2.20. The number of sulfone groups is 1. The number of rotatable bonds is 2. The number of hydrogen-bond donors (Lipinski definition) is 1. The summed E-state index contributed by atoms with van der Waals surface area (Å²) in [6, 6.07) is 14.3. The van der Waals surface area contributed by atoms with Gasteiger partial charge < -0.3 is 5.32 Å². The molecule has 0 fully saturated rings. The molecule has 2 aromatic carbocycles. The highest BCUT2D eigenvalue weighted by Gasteiger charge is 2.36. The van der Waals surface area contributed by atoms with E-state index in [1.165, 1.54) is 0 Å². The molecule has 25 heavy (non-hydrogen) atoms. The second kappa shape index (κ2) is 6.30. The van der Waals surface area contributed by atoms with Crippen LogP contribution in [0.4, 0.5) is 5.69 Å². The van der Waals surface area contributed by atoms with Gasteiger partial charge in [-0.05, 0) is 47.6 Å². The Hall–Kier alpha value is -2.14. The number of anilines is 1. The SMILES string of the molecule is CC(C)(C)c1ccc(S(=O)(=O)C2CCc3ccccc3NC2=O)cc1. The van der Waals surface area contributed by atoms with E-state index in [1.54, 1.807) is 18.2 Å². The molecule has 0 aromatic heterocycles. The highest BCUT2D eigenvalue weighted by molar-refractivity contribution is 7.92. The van der Waals surface area contributed by atoms with Gasteiger partial charge in [-0.3, -0.25) is 4.79 Å². The highest BCUT2D eigenvalue weighted by Crippen LogP contribution is 2.29. The summed E-state index contributed by atoms with van der Waals surface area (Å²) in [4.78, 5) is 12.7. The smallest absolute Gasteiger partial charge is 0.243 e. The zero-order valence-electron chi connectivity index (χ0n) is 14.7. The molecule has 5 heteroatoms. The standard InChI is InChI=1S/C20H23NO3S/c1-20(2,3)15-9-11-16(12-10-15)25(23,24)18-13-8-14-6-4-5-7-17(14)21-19(18)22/h4-7,9-12,18H,8,13H2,1-3H3,(H,21,22). The zero-order valence-corrected chi connectivity index (χ0v) is 15.6. The molecule has 132 valence electrons. The van der Waals surface area contributed by atoms with E-state index in [0.29, 0.717) is 12.1 Å². The largest absolute Gasteiger partial charge is 0.325 e. The maximum absolute atomic E-state index is 13.0. The van der Waals surface area contributed by atoms with Gasteiger partial charge in [-0.25, -0.2) is 8.42 Å². The molecular formula is C20H23NO3S. The molecule has 0 radical (unpaired) electrons. The third-order valence-electron chi connectivity index (χ3n) is 4.67. The average molecular weight is 357 g/mol. The Morgan fingerprint density at radius 1 is 1.00 bits per heavy atom. The Bertz CT molecular complexity index is 893. The first-order valence-electron chi connectivity index (χ1n) is 8.43. The molecule has 0 aliphatic carbocycles. The number of amides is 1. The van der Waals surface area contributed by atoms with Gasteiger partial charge in [0, 0.05) is 5.69 Å². The summed E-state index contributed by atoms with van der Waals surface area (Å²) in [7, 11) is -3.73. The van der Waals surface area contributed by atoms with Crippen molar-refractivity contribution in [2.24, 2.45) is 0 Å². The van der Waals surface area contributed by atoms with Crippen molar-refractivity contribution < 1.29 is 13.2 Å². The Kier molecular flexibility index (Phi) is 4.45. The molecule has 1 aliphatic heterocycles. The third kappa shape index (κ3) is 3.47. The van der Waals surface area contributed by atoms with Crippen molar-refractivity contribution in [1.29, 1.82) is 0 Å². The molecule has 0 saturated heterocycles. The molecule has 1 heterocycles. The second-order valence-corrected chi connectivity index (χ2v) is 9.62. The van der Waals surface area contributed by atoms with E-state index in [4.69, 9.17) is 0 Å². The monoisotopic (exact) mass is 357 g/mol. The van der Waals surface area contributed by atoms with Crippen LogP contribution in [-0.4, -0.2) is 19.6 Å². The zero-order chi connectivity index (χ0) is 18.2. The quantitative estimate of drug-likeness (QED) is 0.891. The Labute approximate surface area is 149 Å². The minimum Gasteiger partial charge on any atom is -0.325 e. The van der Waals surface area contributed by atoms with E-state index >= 15 is 0 Å². The van der Waals surface area contributed by atoms with Crippen molar-refractivity contribution in [2.75, 3.05) is 5.32 Å². The van der Waals surface area contributed by atoms with Crippen molar-refractivity contribution in [3.63, 3.8) is 0 Å². The molecule has 1 aliphatic rings. The van der Waals surface area contributed by atoms with E-state index in [2.05, 4.69) is 26.1 Å². The predicted molar refractivity (Wildman–Crippen MR) is 99.5 cm³/mol. The molecule has 1 amide bonds. The molecule has 0 bridgehead atoms. The van der Waals surface area contributed by atoms with Gasteiger partial charge in [0.25, 0.3) is 0 Å². The molecule has 1 atom stereocenters. The van der Waals surface area contributed by atoms with E-state index < -0.39 is 21.0 Å². The Balaban J connectivity index is 1.91. The topological polar surface area (TPSA) is 63.2 Å². The van der Waals surface area contributed by atoms with Crippen LogP contribution in [0.25, 0.3) is 0 Å². The summed E-state index contributed by atoms with van der Waals surface area (Å²) in [6.07, 6.45) is 0.838. The van der Waals surface area contributed by atoms with Crippen LogP contribution in [0.15, 0.2) is 53.4 Å². The van der Waals surface area contributed by atoms with Crippen LogP contribution in [0, 0.1) is 0 Å². The van der Waals surface area contributed by atoms with E-state index in [1.807, 2.05) is 30.3 Å². The first-order valence-corrected chi connectivity index (χ1v) is 9.97. The van der Waals surface area contributed by atoms with Gasteiger partial charge in [-0.2, -0.15) is 0 Å². The van der Waals surface area contributed by atoms with Crippen molar-refractivity contribution in [3.05, 3.63) is 59.7 Å². The van der Waals surface area contributed by atoms with Gasteiger partial charge in [-0.1, -0.05) is 51.1 Å². The summed E-state index contributed by atoms with van der Waals surface area (Å²) < 4.78 is 26.0. The van der Waals surface area contributed by atoms with Crippen molar-refractivity contribution in [3.8, 4) is 0 Å². The third-order valence-corrected chi connectivity index (χ3v) is 6.80. The van der Waals surface area contributed by atoms with Crippen LogP contribution in [-0.2, 0) is 26.5 Å². The number of carbonyl (C=O) groups is 1. The Morgan fingerprint density at radius 2 is 1.64 bits per heavy atom. The van der Waals surface area contributed by atoms with E-state index in [9.17, 15) is 13.2 Å². The normalized spacial score (nSPS) is 18.2. The summed E-state index contributed by atoms with van der Waals surface area (Å²) >= 11 is 0. The fourth-order valence-electron chi connectivity index (χ4n) is 3.10. The lowest BCUT2D eigenvalue weighted by atomic mass is 9.87. The number of benzene rings is 2. The van der Waals surface area contributed by atoms with Gasteiger partial charge in [0.2, 0.25) is 5.91 Å². The number of hydrogen-bond acceptors (Lipinski definition) is 3. The molecular weight excluding hydrogens is 334 g/mol. The average Bonchev–Trinajstić information content (AvgIpc) is 2.72. The summed E-state index contributed by atoms with van der Waals surface area (Å²) in [6.45, 7) is 6.23.